The molecule has 4 rings (SSSR count). The Balaban J connectivity index is 1.27. The molecule has 1 fully saturated rings. The number of hydrogen-bond acceptors (Lipinski definition) is 4. The van der Waals surface area contributed by atoms with Crippen LogP contribution in [0.5, 0.6) is 5.75 Å². The Morgan fingerprint density at radius 3 is 2.69 bits per heavy atom. The highest BCUT2D eigenvalue weighted by Gasteiger charge is 2.38. The third-order valence-electron chi connectivity index (χ3n) is 5.45. The van der Waals surface area contributed by atoms with Crippen LogP contribution in [-0.2, 0) is 16.1 Å². The van der Waals surface area contributed by atoms with Gasteiger partial charge in [0.15, 0.2) is 0 Å². The van der Waals surface area contributed by atoms with Gasteiger partial charge in [0.2, 0.25) is 5.91 Å². The van der Waals surface area contributed by atoms with Crippen molar-refractivity contribution in [2.45, 2.75) is 25.4 Å². The monoisotopic (exact) mass is 454 g/mol. The van der Waals surface area contributed by atoms with E-state index in [2.05, 4.69) is 10.6 Å². The van der Waals surface area contributed by atoms with Gasteiger partial charge in [-0.05, 0) is 48.9 Å². The van der Waals surface area contributed by atoms with E-state index in [1.807, 2.05) is 35.0 Å². The second kappa shape index (κ2) is 9.32. The van der Waals surface area contributed by atoms with E-state index in [1.165, 1.54) is 0 Å². The van der Waals surface area contributed by atoms with Crippen molar-refractivity contribution in [1.82, 2.24) is 15.2 Å². The van der Waals surface area contributed by atoms with Gasteiger partial charge in [-0.15, -0.1) is 0 Å². The normalized spacial score (nSPS) is 15.8. The molecule has 32 heavy (non-hydrogen) atoms. The van der Waals surface area contributed by atoms with Gasteiger partial charge in [0, 0.05) is 41.6 Å². The van der Waals surface area contributed by atoms with E-state index in [4.69, 9.17) is 16.3 Å². The minimum absolute atomic E-state index is 0.130. The molecule has 8 nitrogen and oxygen atoms in total. The smallest absolute Gasteiger partial charge is 0.329 e. The summed E-state index contributed by atoms with van der Waals surface area (Å²) in [6, 6.07) is 13.1. The maximum atomic E-state index is 12.7. The van der Waals surface area contributed by atoms with Gasteiger partial charge in [-0.1, -0.05) is 17.7 Å². The molecule has 2 N–H and O–H groups in total. The number of fused-ring (bicyclic) bond motifs is 1. The number of amides is 4. The lowest BCUT2D eigenvalue weighted by Gasteiger charge is -2.13. The van der Waals surface area contributed by atoms with E-state index < -0.39 is 12.1 Å². The van der Waals surface area contributed by atoms with Crippen molar-refractivity contribution in [3.63, 3.8) is 0 Å². The van der Waals surface area contributed by atoms with Crippen LogP contribution in [0, 0.1) is 0 Å². The van der Waals surface area contributed by atoms with Gasteiger partial charge >= 0.3 is 6.03 Å². The van der Waals surface area contributed by atoms with Gasteiger partial charge in [-0.2, -0.15) is 0 Å². The van der Waals surface area contributed by atoms with Crippen LogP contribution in [0.1, 0.15) is 12.8 Å². The fraction of sp³-hybridized carbons (Fsp3) is 0.261. The summed E-state index contributed by atoms with van der Waals surface area (Å²) in [4.78, 5) is 38.3. The molecule has 3 aromatic rings. The Hall–Kier alpha value is -3.52. The predicted octanol–water partition coefficient (Wildman–Crippen LogP) is 3.32. The number of imide groups is 1. The molecule has 0 aliphatic carbocycles. The lowest BCUT2D eigenvalue weighted by molar-refractivity contribution is -0.121. The number of anilines is 1. The number of aromatic nitrogens is 1. The van der Waals surface area contributed by atoms with Gasteiger partial charge in [-0.3, -0.25) is 9.59 Å². The van der Waals surface area contributed by atoms with Crippen LogP contribution in [0.25, 0.3) is 10.9 Å². The molecule has 1 aliphatic heterocycles. The summed E-state index contributed by atoms with van der Waals surface area (Å²) in [5.74, 6) is 0.0816. The van der Waals surface area contributed by atoms with Crippen LogP contribution < -0.4 is 20.3 Å². The van der Waals surface area contributed by atoms with Crippen molar-refractivity contribution in [1.29, 1.82) is 0 Å². The van der Waals surface area contributed by atoms with Crippen molar-refractivity contribution >= 4 is 46.0 Å². The minimum Gasteiger partial charge on any atom is -0.497 e. The first-order chi connectivity index (χ1) is 15.5. The average Bonchev–Trinajstić information content (AvgIpc) is 3.33. The SMILES string of the molecule is COc1ccc(N2C(=O)N[C@H](CCC(=O)NCCn3ccc4c(Cl)cccc43)C2=O)cc1. The molecule has 166 valence electrons. The fourth-order valence-corrected chi connectivity index (χ4v) is 4.00. The Morgan fingerprint density at radius 2 is 1.94 bits per heavy atom. The number of carbonyl (C=O) groups is 3. The Kier molecular flexibility index (Phi) is 6.32. The zero-order valence-corrected chi connectivity index (χ0v) is 18.3. The largest absolute Gasteiger partial charge is 0.497 e. The highest BCUT2D eigenvalue weighted by atomic mass is 35.5. The molecule has 1 atom stereocenters. The summed E-state index contributed by atoms with van der Waals surface area (Å²) in [6.07, 6.45) is 2.29. The molecule has 1 saturated heterocycles. The Labute approximate surface area is 190 Å². The maximum Gasteiger partial charge on any atom is 0.329 e. The summed E-state index contributed by atoms with van der Waals surface area (Å²) >= 11 is 6.19. The van der Waals surface area contributed by atoms with Crippen molar-refractivity contribution < 1.29 is 19.1 Å². The van der Waals surface area contributed by atoms with E-state index in [1.54, 1.807) is 31.4 Å². The molecule has 4 amide bonds. The van der Waals surface area contributed by atoms with Crippen molar-refractivity contribution in [2.75, 3.05) is 18.6 Å². The lowest BCUT2D eigenvalue weighted by atomic mass is 10.1. The number of ether oxygens (including phenoxy) is 1. The van der Waals surface area contributed by atoms with Gasteiger partial charge < -0.3 is 19.9 Å². The summed E-state index contributed by atoms with van der Waals surface area (Å²) in [6.45, 7) is 1.04. The molecule has 9 heteroatoms. The standard InChI is InChI=1S/C23H23ClN4O4/c1-32-16-7-5-15(6-8-16)28-22(30)19(26-23(28)31)9-10-21(29)25-12-14-27-13-11-17-18(24)3-2-4-20(17)27/h2-8,11,13,19H,9-10,12,14H2,1H3,(H,25,29)(H,26,31)/t19-/m1/s1. The highest BCUT2D eigenvalue weighted by molar-refractivity contribution is 6.35. The molecule has 0 bridgehead atoms. The first kappa shape index (κ1) is 21.7. The van der Waals surface area contributed by atoms with Crippen LogP contribution in [0.3, 0.4) is 0 Å². The van der Waals surface area contributed by atoms with E-state index in [9.17, 15) is 14.4 Å². The molecule has 0 saturated carbocycles. The summed E-state index contributed by atoms with van der Waals surface area (Å²) in [5, 5.41) is 7.17. The Morgan fingerprint density at radius 1 is 1.16 bits per heavy atom. The first-order valence-corrected chi connectivity index (χ1v) is 10.6. The van der Waals surface area contributed by atoms with Crippen LogP contribution in [-0.4, -0.2) is 42.1 Å². The van der Waals surface area contributed by atoms with Crippen molar-refractivity contribution in [3.05, 3.63) is 59.8 Å². The van der Waals surface area contributed by atoms with Gasteiger partial charge in [0.25, 0.3) is 5.91 Å². The van der Waals surface area contributed by atoms with Crippen LogP contribution in [0.15, 0.2) is 54.7 Å². The predicted molar refractivity (Wildman–Crippen MR) is 122 cm³/mol. The summed E-state index contributed by atoms with van der Waals surface area (Å²) in [7, 11) is 1.54. The number of urea groups is 1. The summed E-state index contributed by atoms with van der Waals surface area (Å²) < 4.78 is 7.12. The van der Waals surface area contributed by atoms with Gasteiger partial charge in [0.1, 0.15) is 11.8 Å². The topological polar surface area (TPSA) is 92.7 Å². The van der Waals surface area contributed by atoms with E-state index in [-0.39, 0.29) is 24.7 Å². The first-order valence-electron chi connectivity index (χ1n) is 10.3. The van der Waals surface area contributed by atoms with Crippen LogP contribution >= 0.6 is 11.6 Å². The van der Waals surface area contributed by atoms with Gasteiger partial charge in [-0.25, -0.2) is 9.69 Å². The fourth-order valence-electron chi connectivity index (χ4n) is 3.76. The van der Waals surface area contributed by atoms with E-state index in [0.717, 1.165) is 15.8 Å². The second-order valence-electron chi connectivity index (χ2n) is 7.44. The van der Waals surface area contributed by atoms with E-state index in [0.29, 0.717) is 29.5 Å². The number of benzene rings is 2. The lowest BCUT2D eigenvalue weighted by Crippen LogP contribution is -2.33. The molecule has 2 heterocycles. The quantitative estimate of drug-likeness (QED) is 0.511. The van der Waals surface area contributed by atoms with Gasteiger partial charge in [0.05, 0.1) is 12.8 Å². The second-order valence-corrected chi connectivity index (χ2v) is 7.85. The molecule has 1 aliphatic rings. The molecule has 2 aromatic carbocycles. The number of methoxy groups -OCH3 is 1. The Bertz CT molecular complexity index is 1160. The third kappa shape index (κ3) is 4.40. The molecular formula is C23H23ClN4O4. The van der Waals surface area contributed by atoms with Crippen molar-refractivity contribution in [3.8, 4) is 5.75 Å². The zero-order chi connectivity index (χ0) is 22.7. The number of nitrogens with one attached hydrogen (secondary N) is 2. The molecule has 0 radical (unpaired) electrons. The third-order valence-corrected chi connectivity index (χ3v) is 5.77. The van der Waals surface area contributed by atoms with Crippen molar-refractivity contribution in [2.24, 2.45) is 0 Å². The highest BCUT2D eigenvalue weighted by Crippen LogP contribution is 2.25. The molecule has 1 aromatic heterocycles. The number of halogens is 1. The minimum atomic E-state index is -0.731. The molecule has 0 unspecified atom stereocenters. The van der Waals surface area contributed by atoms with Crippen LogP contribution in [0.4, 0.5) is 10.5 Å². The summed E-state index contributed by atoms with van der Waals surface area (Å²) in [5.41, 5.74) is 1.46. The average molecular weight is 455 g/mol. The number of carbonyl (C=O) groups excluding carboxylic acids is 3. The molecule has 0 spiro atoms. The number of hydrogen-bond donors (Lipinski definition) is 2. The number of rotatable bonds is 8. The van der Waals surface area contributed by atoms with Crippen LogP contribution in [0.2, 0.25) is 5.02 Å². The molecular weight excluding hydrogens is 432 g/mol. The zero-order valence-electron chi connectivity index (χ0n) is 17.5. The van der Waals surface area contributed by atoms with E-state index >= 15 is 0 Å². The maximum absolute atomic E-state index is 12.7. The number of nitrogens with zero attached hydrogens (tertiary/aromatic N) is 2.